The lowest BCUT2D eigenvalue weighted by Crippen LogP contribution is -2.51. The van der Waals surface area contributed by atoms with Crippen molar-refractivity contribution in [1.29, 1.82) is 0 Å². The Bertz CT molecular complexity index is 747. The van der Waals surface area contributed by atoms with E-state index in [9.17, 15) is 4.79 Å². The summed E-state index contributed by atoms with van der Waals surface area (Å²) >= 11 is 5.26. The van der Waals surface area contributed by atoms with Gasteiger partial charge in [0, 0.05) is 37.6 Å². The second-order valence-corrected chi connectivity index (χ2v) is 8.75. The molecule has 0 bridgehead atoms. The molecule has 0 saturated carbocycles. The Morgan fingerprint density at radius 1 is 1.15 bits per heavy atom. The normalized spacial score (nSPS) is 14.8. The Labute approximate surface area is 172 Å². The third-order valence-corrected chi connectivity index (χ3v) is 5.98. The number of benzene rings is 1. The van der Waals surface area contributed by atoms with Crippen LogP contribution in [0.1, 0.15) is 4.88 Å². The smallest absolute Gasteiger partial charge is 0.317 e. The summed E-state index contributed by atoms with van der Waals surface area (Å²) < 4.78 is 12.1. The van der Waals surface area contributed by atoms with Crippen LogP contribution >= 0.6 is 27.3 Å². The van der Waals surface area contributed by atoms with Crippen LogP contribution in [0.5, 0.6) is 11.5 Å². The van der Waals surface area contributed by atoms with Crippen molar-refractivity contribution in [2.45, 2.75) is 6.54 Å². The molecule has 0 aliphatic carbocycles. The zero-order chi connectivity index (χ0) is 19.1. The van der Waals surface area contributed by atoms with E-state index in [0.717, 1.165) is 36.5 Å². The van der Waals surface area contributed by atoms with E-state index in [1.165, 1.54) is 4.88 Å². The highest BCUT2D eigenvalue weighted by molar-refractivity contribution is 9.11. The summed E-state index contributed by atoms with van der Waals surface area (Å²) in [6.45, 7) is 5.07. The Hall–Kier alpha value is -1.77. The number of halogens is 1. The molecule has 3 rings (SSSR count). The van der Waals surface area contributed by atoms with Gasteiger partial charge in [-0.05, 0) is 40.2 Å². The van der Waals surface area contributed by atoms with Gasteiger partial charge in [-0.25, -0.2) is 4.79 Å². The SMILES string of the molecule is COc1ccccc1OCCNC(=O)N1CCN(Cc2ccc(Br)s2)CC1. The van der Waals surface area contributed by atoms with E-state index in [2.05, 4.69) is 38.3 Å². The molecular formula is C19H24BrN3O3S. The van der Waals surface area contributed by atoms with Gasteiger partial charge in [-0.2, -0.15) is 0 Å². The van der Waals surface area contributed by atoms with Gasteiger partial charge in [-0.1, -0.05) is 12.1 Å². The van der Waals surface area contributed by atoms with E-state index in [1.54, 1.807) is 18.4 Å². The molecule has 1 fully saturated rings. The van der Waals surface area contributed by atoms with Crippen molar-refractivity contribution in [3.8, 4) is 11.5 Å². The molecule has 1 aliphatic heterocycles. The van der Waals surface area contributed by atoms with Crippen LogP contribution in [0.25, 0.3) is 0 Å². The zero-order valence-electron chi connectivity index (χ0n) is 15.3. The number of methoxy groups -OCH3 is 1. The maximum absolute atomic E-state index is 12.3. The molecule has 146 valence electrons. The highest BCUT2D eigenvalue weighted by Crippen LogP contribution is 2.25. The molecule has 0 unspecified atom stereocenters. The summed E-state index contributed by atoms with van der Waals surface area (Å²) in [7, 11) is 1.61. The second kappa shape index (κ2) is 9.96. The highest BCUT2D eigenvalue weighted by atomic mass is 79.9. The van der Waals surface area contributed by atoms with Crippen molar-refractivity contribution in [3.63, 3.8) is 0 Å². The number of rotatable bonds is 7. The number of para-hydroxylation sites is 2. The van der Waals surface area contributed by atoms with E-state index in [-0.39, 0.29) is 6.03 Å². The average molecular weight is 454 g/mol. The number of ether oxygens (including phenoxy) is 2. The zero-order valence-corrected chi connectivity index (χ0v) is 17.7. The van der Waals surface area contributed by atoms with Crippen molar-refractivity contribution in [2.24, 2.45) is 0 Å². The molecule has 1 aromatic carbocycles. The van der Waals surface area contributed by atoms with Gasteiger partial charge in [0.1, 0.15) is 6.61 Å². The molecule has 27 heavy (non-hydrogen) atoms. The molecule has 2 heterocycles. The Kier molecular flexibility index (Phi) is 7.37. The number of nitrogens with one attached hydrogen (secondary N) is 1. The van der Waals surface area contributed by atoms with Crippen LogP contribution in [0.3, 0.4) is 0 Å². The number of nitrogens with zero attached hydrogens (tertiary/aromatic N) is 2. The molecule has 1 aromatic heterocycles. The molecular weight excluding hydrogens is 430 g/mol. The van der Waals surface area contributed by atoms with Gasteiger partial charge in [-0.3, -0.25) is 4.90 Å². The molecule has 0 radical (unpaired) electrons. The standard InChI is InChI=1S/C19H24BrN3O3S/c1-25-16-4-2-3-5-17(16)26-13-8-21-19(24)23-11-9-22(10-12-23)14-15-6-7-18(20)27-15/h2-7H,8-14H2,1H3,(H,21,24). The number of thiophene rings is 1. The number of hydrogen-bond acceptors (Lipinski definition) is 5. The minimum Gasteiger partial charge on any atom is -0.493 e. The predicted molar refractivity (Wildman–Crippen MR) is 111 cm³/mol. The summed E-state index contributed by atoms with van der Waals surface area (Å²) in [6.07, 6.45) is 0. The molecule has 6 nitrogen and oxygen atoms in total. The second-order valence-electron chi connectivity index (χ2n) is 6.20. The Balaban J connectivity index is 1.34. The molecule has 1 saturated heterocycles. The van der Waals surface area contributed by atoms with Gasteiger partial charge >= 0.3 is 6.03 Å². The lowest BCUT2D eigenvalue weighted by Gasteiger charge is -2.34. The van der Waals surface area contributed by atoms with Crippen molar-refractivity contribution < 1.29 is 14.3 Å². The first-order chi connectivity index (χ1) is 13.2. The highest BCUT2D eigenvalue weighted by Gasteiger charge is 2.21. The van der Waals surface area contributed by atoms with E-state index < -0.39 is 0 Å². The summed E-state index contributed by atoms with van der Waals surface area (Å²) in [5.74, 6) is 1.38. The van der Waals surface area contributed by atoms with Crippen LogP contribution in [-0.4, -0.2) is 62.3 Å². The van der Waals surface area contributed by atoms with Gasteiger partial charge in [0.15, 0.2) is 11.5 Å². The van der Waals surface area contributed by atoms with Gasteiger partial charge in [-0.15, -0.1) is 11.3 Å². The molecule has 2 aromatic rings. The van der Waals surface area contributed by atoms with Crippen LogP contribution in [0.2, 0.25) is 0 Å². The quantitative estimate of drug-likeness (QED) is 0.652. The fourth-order valence-corrected chi connectivity index (χ4v) is 4.46. The summed E-state index contributed by atoms with van der Waals surface area (Å²) in [4.78, 5) is 17.9. The van der Waals surface area contributed by atoms with Crippen LogP contribution in [-0.2, 0) is 6.54 Å². The van der Waals surface area contributed by atoms with Crippen LogP contribution in [0.15, 0.2) is 40.2 Å². The summed E-state index contributed by atoms with van der Waals surface area (Å²) in [5.41, 5.74) is 0. The molecule has 2 amide bonds. The van der Waals surface area contributed by atoms with E-state index in [0.29, 0.717) is 24.7 Å². The van der Waals surface area contributed by atoms with Crippen LogP contribution in [0.4, 0.5) is 4.79 Å². The monoisotopic (exact) mass is 453 g/mol. The largest absolute Gasteiger partial charge is 0.493 e. The predicted octanol–water partition coefficient (Wildman–Crippen LogP) is 3.43. The van der Waals surface area contributed by atoms with E-state index in [4.69, 9.17) is 9.47 Å². The maximum Gasteiger partial charge on any atom is 0.317 e. The van der Waals surface area contributed by atoms with E-state index in [1.807, 2.05) is 29.2 Å². The summed E-state index contributed by atoms with van der Waals surface area (Å²) in [6, 6.07) is 11.7. The van der Waals surface area contributed by atoms with Crippen molar-refractivity contribution in [2.75, 3.05) is 46.4 Å². The third kappa shape index (κ3) is 5.85. The number of piperazine rings is 1. The van der Waals surface area contributed by atoms with Gasteiger partial charge in [0.05, 0.1) is 17.4 Å². The number of amides is 2. The molecule has 0 spiro atoms. The van der Waals surface area contributed by atoms with E-state index >= 15 is 0 Å². The molecule has 8 heteroatoms. The maximum atomic E-state index is 12.3. The fraction of sp³-hybridized carbons (Fsp3) is 0.421. The first-order valence-electron chi connectivity index (χ1n) is 8.91. The molecule has 1 N–H and O–H groups in total. The Morgan fingerprint density at radius 2 is 1.89 bits per heavy atom. The summed E-state index contributed by atoms with van der Waals surface area (Å²) in [5, 5.41) is 2.93. The first kappa shape index (κ1) is 20.0. The lowest BCUT2D eigenvalue weighted by atomic mass is 10.3. The molecule has 1 aliphatic rings. The fourth-order valence-electron chi connectivity index (χ4n) is 2.93. The first-order valence-corrected chi connectivity index (χ1v) is 10.5. The third-order valence-electron chi connectivity index (χ3n) is 4.37. The van der Waals surface area contributed by atoms with Crippen LogP contribution < -0.4 is 14.8 Å². The van der Waals surface area contributed by atoms with Gasteiger partial charge in [0.25, 0.3) is 0 Å². The Morgan fingerprint density at radius 3 is 2.56 bits per heavy atom. The minimum atomic E-state index is -0.0304. The number of carbonyl (C=O) groups excluding carboxylic acids is 1. The van der Waals surface area contributed by atoms with Crippen molar-refractivity contribution in [3.05, 3.63) is 45.1 Å². The van der Waals surface area contributed by atoms with Crippen LogP contribution in [0, 0.1) is 0 Å². The topological polar surface area (TPSA) is 54.0 Å². The van der Waals surface area contributed by atoms with Gasteiger partial charge < -0.3 is 19.7 Å². The number of hydrogen-bond donors (Lipinski definition) is 1. The molecule has 0 atom stereocenters. The average Bonchev–Trinajstić information content (AvgIpc) is 3.10. The van der Waals surface area contributed by atoms with Crippen molar-refractivity contribution in [1.82, 2.24) is 15.1 Å². The van der Waals surface area contributed by atoms with Crippen molar-refractivity contribution >= 4 is 33.3 Å². The lowest BCUT2D eigenvalue weighted by molar-refractivity contribution is 0.135. The van der Waals surface area contributed by atoms with Gasteiger partial charge in [0.2, 0.25) is 0 Å². The number of carbonyl (C=O) groups is 1. The minimum absolute atomic E-state index is 0.0304. The number of urea groups is 1.